The number of carbonyl (C=O) groups is 1. The molecule has 2 rings (SSSR count). The number of aromatic nitrogens is 1. The number of nitrogens with two attached hydrogens (primary N) is 2. The zero-order chi connectivity index (χ0) is 14.4. The molecule has 0 saturated carbocycles. The number of carbonyl (C=O) groups excluding carboxylic acids is 1. The van der Waals surface area contributed by atoms with Crippen molar-refractivity contribution in [3.05, 3.63) is 48.0 Å². The summed E-state index contributed by atoms with van der Waals surface area (Å²) >= 11 is 0. The maximum atomic E-state index is 10.4. The van der Waals surface area contributed by atoms with Gasteiger partial charge in [-0.2, -0.15) is 4.98 Å². The van der Waals surface area contributed by atoms with Crippen molar-refractivity contribution in [3.8, 4) is 11.6 Å². The van der Waals surface area contributed by atoms with E-state index in [2.05, 4.69) is 9.72 Å². The predicted octanol–water partition coefficient (Wildman–Crippen LogP) is 2.09. The van der Waals surface area contributed by atoms with E-state index in [0.717, 1.165) is 5.56 Å². The minimum atomic E-state index is -0.766. The number of primary amides is 1. The lowest BCUT2D eigenvalue weighted by Gasteiger charge is -2.06. The Kier molecular flexibility index (Phi) is 4.39. The van der Waals surface area contributed by atoms with Crippen LogP contribution in [0.3, 0.4) is 0 Å². The van der Waals surface area contributed by atoms with Crippen LogP contribution in [0.2, 0.25) is 0 Å². The number of hydrogen-bond donors (Lipinski definition) is 2. The highest BCUT2D eigenvalue weighted by molar-refractivity contribution is 5.64. The highest BCUT2D eigenvalue weighted by Crippen LogP contribution is 2.20. The van der Waals surface area contributed by atoms with Gasteiger partial charge in [-0.1, -0.05) is 18.2 Å². The Morgan fingerprint density at radius 2 is 1.90 bits per heavy atom. The Bertz CT molecular complexity index is 584. The number of nitrogen functional groups attached to an aromatic ring is 1. The number of nitrogens with zero attached hydrogens (tertiary/aromatic N) is 1. The molecule has 1 aromatic carbocycles. The molecule has 4 N–H and O–H groups in total. The van der Waals surface area contributed by atoms with Gasteiger partial charge in [-0.15, -0.1) is 0 Å². The fraction of sp³-hybridized carbons (Fsp3) is 0.143. The molecule has 0 spiro atoms. The number of pyridine rings is 1. The zero-order valence-corrected chi connectivity index (χ0v) is 10.8. The minimum absolute atomic E-state index is 0.256. The lowest BCUT2D eigenvalue weighted by atomic mass is 10.1. The van der Waals surface area contributed by atoms with E-state index < -0.39 is 6.09 Å². The third kappa shape index (κ3) is 4.16. The average Bonchev–Trinajstić information content (AvgIpc) is 2.40. The van der Waals surface area contributed by atoms with E-state index in [1.807, 2.05) is 24.3 Å². The van der Waals surface area contributed by atoms with E-state index in [0.29, 0.717) is 23.9 Å². The van der Waals surface area contributed by atoms with Crippen LogP contribution in [0.5, 0.6) is 11.6 Å². The summed E-state index contributed by atoms with van der Waals surface area (Å²) < 4.78 is 10.2. The first kappa shape index (κ1) is 13.7. The summed E-state index contributed by atoms with van der Waals surface area (Å²) in [4.78, 5) is 14.5. The molecule has 6 nitrogen and oxygen atoms in total. The SMILES string of the molecule is NC(=O)OCCc1ccc(Oc2cccc(N)n2)cc1. The molecule has 20 heavy (non-hydrogen) atoms. The van der Waals surface area contributed by atoms with Crippen LogP contribution in [0.1, 0.15) is 5.56 Å². The zero-order valence-electron chi connectivity index (χ0n) is 10.8. The number of rotatable bonds is 5. The van der Waals surface area contributed by atoms with Crippen LogP contribution in [-0.4, -0.2) is 17.7 Å². The first-order valence-electron chi connectivity index (χ1n) is 6.05. The van der Waals surface area contributed by atoms with E-state index >= 15 is 0 Å². The summed E-state index contributed by atoms with van der Waals surface area (Å²) in [5, 5.41) is 0. The van der Waals surface area contributed by atoms with Gasteiger partial charge in [0.25, 0.3) is 0 Å². The lowest BCUT2D eigenvalue weighted by molar-refractivity contribution is 0.158. The molecule has 6 heteroatoms. The van der Waals surface area contributed by atoms with Gasteiger partial charge in [0.2, 0.25) is 5.88 Å². The van der Waals surface area contributed by atoms with E-state index in [1.54, 1.807) is 18.2 Å². The summed E-state index contributed by atoms with van der Waals surface area (Å²) in [5.74, 6) is 1.50. The Hall–Kier alpha value is -2.76. The topological polar surface area (TPSA) is 100 Å². The van der Waals surface area contributed by atoms with Crippen LogP contribution < -0.4 is 16.2 Å². The van der Waals surface area contributed by atoms with Gasteiger partial charge in [-0.3, -0.25) is 0 Å². The molecule has 0 aliphatic rings. The Labute approximate surface area is 116 Å². The lowest BCUT2D eigenvalue weighted by Crippen LogP contribution is -2.14. The van der Waals surface area contributed by atoms with Crippen molar-refractivity contribution in [1.82, 2.24) is 4.98 Å². The minimum Gasteiger partial charge on any atom is -0.449 e. The van der Waals surface area contributed by atoms with Crippen LogP contribution in [-0.2, 0) is 11.2 Å². The molecule has 0 aliphatic heterocycles. The van der Waals surface area contributed by atoms with Gasteiger partial charge in [0.1, 0.15) is 11.6 Å². The van der Waals surface area contributed by atoms with Gasteiger partial charge < -0.3 is 20.9 Å². The summed E-state index contributed by atoms with van der Waals surface area (Å²) in [5.41, 5.74) is 11.5. The van der Waals surface area contributed by atoms with Crippen molar-refractivity contribution in [2.45, 2.75) is 6.42 Å². The standard InChI is InChI=1S/C14H15N3O3/c15-12-2-1-3-13(17-12)20-11-6-4-10(5-7-11)8-9-19-14(16)18/h1-7H,8-9H2,(H2,15,17)(H2,16,18). The number of benzene rings is 1. The highest BCUT2D eigenvalue weighted by atomic mass is 16.5. The molecule has 104 valence electrons. The van der Waals surface area contributed by atoms with Crippen molar-refractivity contribution in [1.29, 1.82) is 0 Å². The van der Waals surface area contributed by atoms with Gasteiger partial charge >= 0.3 is 6.09 Å². The van der Waals surface area contributed by atoms with E-state index in [-0.39, 0.29) is 6.61 Å². The number of anilines is 1. The van der Waals surface area contributed by atoms with Crippen molar-refractivity contribution < 1.29 is 14.3 Å². The fourth-order valence-corrected chi connectivity index (χ4v) is 1.60. The summed E-state index contributed by atoms with van der Waals surface area (Å²) in [6.07, 6.45) is -0.169. The van der Waals surface area contributed by atoms with Crippen molar-refractivity contribution >= 4 is 11.9 Å². The van der Waals surface area contributed by atoms with E-state index in [9.17, 15) is 4.79 Å². The predicted molar refractivity (Wildman–Crippen MR) is 74.4 cm³/mol. The van der Waals surface area contributed by atoms with Crippen LogP contribution >= 0.6 is 0 Å². The second kappa shape index (κ2) is 6.42. The van der Waals surface area contributed by atoms with Gasteiger partial charge in [0.05, 0.1) is 6.61 Å². The van der Waals surface area contributed by atoms with Crippen LogP contribution in [0.15, 0.2) is 42.5 Å². The first-order chi connectivity index (χ1) is 9.63. The van der Waals surface area contributed by atoms with Crippen LogP contribution in [0.4, 0.5) is 10.6 Å². The van der Waals surface area contributed by atoms with E-state index in [1.165, 1.54) is 0 Å². The number of amides is 1. The van der Waals surface area contributed by atoms with Crippen molar-refractivity contribution in [3.63, 3.8) is 0 Å². The number of ether oxygens (including phenoxy) is 2. The third-order valence-corrected chi connectivity index (χ3v) is 2.53. The molecule has 0 radical (unpaired) electrons. The molecule has 0 saturated heterocycles. The Morgan fingerprint density at radius 3 is 2.55 bits per heavy atom. The van der Waals surface area contributed by atoms with Gasteiger partial charge in [-0.25, -0.2) is 4.79 Å². The molecule has 0 unspecified atom stereocenters. The highest BCUT2D eigenvalue weighted by Gasteiger charge is 2.01. The second-order valence-electron chi connectivity index (χ2n) is 4.06. The summed E-state index contributed by atoms with van der Waals surface area (Å²) in [6.45, 7) is 0.256. The second-order valence-corrected chi connectivity index (χ2v) is 4.06. The van der Waals surface area contributed by atoms with Crippen molar-refractivity contribution in [2.24, 2.45) is 5.73 Å². The monoisotopic (exact) mass is 273 g/mol. The molecule has 2 aromatic rings. The third-order valence-electron chi connectivity index (χ3n) is 2.53. The average molecular weight is 273 g/mol. The molecule has 0 aliphatic carbocycles. The number of hydrogen-bond acceptors (Lipinski definition) is 5. The molecule has 0 bridgehead atoms. The molecule has 0 fully saturated rings. The molecular weight excluding hydrogens is 258 g/mol. The normalized spacial score (nSPS) is 10.0. The Balaban J connectivity index is 1.93. The van der Waals surface area contributed by atoms with Gasteiger partial charge in [0, 0.05) is 12.5 Å². The quantitative estimate of drug-likeness (QED) is 0.868. The van der Waals surface area contributed by atoms with Crippen LogP contribution in [0.25, 0.3) is 0 Å². The smallest absolute Gasteiger partial charge is 0.404 e. The van der Waals surface area contributed by atoms with Gasteiger partial charge in [0.15, 0.2) is 0 Å². The fourth-order valence-electron chi connectivity index (χ4n) is 1.60. The van der Waals surface area contributed by atoms with Crippen molar-refractivity contribution in [2.75, 3.05) is 12.3 Å². The largest absolute Gasteiger partial charge is 0.449 e. The molecule has 1 amide bonds. The van der Waals surface area contributed by atoms with E-state index in [4.69, 9.17) is 16.2 Å². The first-order valence-corrected chi connectivity index (χ1v) is 6.05. The summed E-state index contributed by atoms with van der Waals surface area (Å²) in [6, 6.07) is 12.6. The molecular formula is C14H15N3O3. The Morgan fingerprint density at radius 1 is 1.15 bits per heavy atom. The summed E-state index contributed by atoms with van der Waals surface area (Å²) in [7, 11) is 0. The van der Waals surface area contributed by atoms with Crippen LogP contribution in [0, 0.1) is 0 Å². The maximum Gasteiger partial charge on any atom is 0.404 e. The van der Waals surface area contributed by atoms with Gasteiger partial charge in [-0.05, 0) is 23.8 Å². The molecule has 1 heterocycles. The molecule has 0 atom stereocenters. The maximum absolute atomic E-state index is 10.4. The molecule has 1 aromatic heterocycles.